The largest absolute Gasteiger partial charge is 0.497 e. The van der Waals surface area contributed by atoms with E-state index in [1.165, 1.54) is 14.0 Å². The number of ether oxygens (including phenoxy) is 5. The molecule has 0 spiro atoms. The van der Waals surface area contributed by atoms with Gasteiger partial charge in [-0.05, 0) is 31.2 Å². The van der Waals surface area contributed by atoms with E-state index < -0.39 is 73.9 Å². The van der Waals surface area contributed by atoms with Crippen LogP contribution in [0.25, 0.3) is 0 Å². The Labute approximate surface area is 190 Å². The molecule has 0 aromatic heterocycles. The number of carbonyl (C=O) groups is 1. The Morgan fingerprint density at radius 3 is 2.18 bits per heavy atom. The summed E-state index contributed by atoms with van der Waals surface area (Å²) in [6.45, 7) is 2.12. The van der Waals surface area contributed by atoms with Gasteiger partial charge in [-0.15, -0.1) is 0 Å². The van der Waals surface area contributed by atoms with Gasteiger partial charge >= 0.3 is 0 Å². The van der Waals surface area contributed by atoms with Crippen LogP contribution in [0.1, 0.15) is 13.8 Å². The number of aliphatic hydroxyl groups is 5. The van der Waals surface area contributed by atoms with Crippen LogP contribution in [0.2, 0.25) is 0 Å². The van der Waals surface area contributed by atoms with Crippen molar-refractivity contribution in [2.45, 2.75) is 75.2 Å². The van der Waals surface area contributed by atoms with Gasteiger partial charge in [0.1, 0.15) is 54.2 Å². The van der Waals surface area contributed by atoms with Crippen LogP contribution in [-0.2, 0) is 19.0 Å². The number of nitrogens with one attached hydrogen (secondary N) is 1. The van der Waals surface area contributed by atoms with E-state index in [4.69, 9.17) is 23.7 Å². The first-order valence-corrected chi connectivity index (χ1v) is 10.5. The zero-order chi connectivity index (χ0) is 24.3. The summed E-state index contributed by atoms with van der Waals surface area (Å²) in [5.41, 5.74) is 0. The maximum Gasteiger partial charge on any atom is 0.229 e. The highest BCUT2D eigenvalue weighted by Crippen LogP contribution is 2.30. The maximum absolute atomic E-state index is 11.6. The normalized spacial score (nSPS) is 39.0. The second-order valence-corrected chi connectivity index (χ2v) is 8.02. The zero-order valence-corrected chi connectivity index (χ0v) is 18.5. The molecule has 1 amide bonds. The predicted molar refractivity (Wildman–Crippen MR) is 110 cm³/mol. The molecule has 1 aromatic rings. The summed E-state index contributed by atoms with van der Waals surface area (Å²) in [5, 5.41) is 54.0. The highest BCUT2D eigenvalue weighted by molar-refractivity contribution is 5.73. The van der Waals surface area contributed by atoms with E-state index in [1.54, 1.807) is 31.2 Å². The van der Waals surface area contributed by atoms with Crippen molar-refractivity contribution in [2.75, 3.05) is 13.7 Å². The fourth-order valence-corrected chi connectivity index (χ4v) is 3.78. The quantitative estimate of drug-likeness (QED) is 0.255. The Morgan fingerprint density at radius 2 is 1.61 bits per heavy atom. The first-order chi connectivity index (χ1) is 15.7. The first kappa shape index (κ1) is 25.6. The van der Waals surface area contributed by atoms with Crippen molar-refractivity contribution in [3.8, 4) is 11.5 Å². The van der Waals surface area contributed by atoms with Crippen molar-refractivity contribution in [1.29, 1.82) is 0 Å². The fraction of sp³-hybridized carbons (Fsp3) is 0.667. The van der Waals surface area contributed by atoms with E-state index >= 15 is 0 Å². The molecule has 2 heterocycles. The third-order valence-electron chi connectivity index (χ3n) is 5.64. The molecule has 1 aromatic carbocycles. The number of carbonyl (C=O) groups excluding carboxylic acids is 1. The molecule has 186 valence electrons. The predicted octanol–water partition coefficient (Wildman–Crippen LogP) is -2.13. The van der Waals surface area contributed by atoms with Crippen molar-refractivity contribution < 1.29 is 54.0 Å². The van der Waals surface area contributed by atoms with Crippen molar-refractivity contribution in [1.82, 2.24) is 5.32 Å². The van der Waals surface area contributed by atoms with Crippen molar-refractivity contribution in [3.63, 3.8) is 0 Å². The van der Waals surface area contributed by atoms with Crippen LogP contribution in [0.5, 0.6) is 11.5 Å². The molecule has 0 radical (unpaired) electrons. The minimum absolute atomic E-state index is 0.367. The number of aliphatic hydroxyl groups excluding tert-OH is 5. The second kappa shape index (κ2) is 10.9. The molecule has 0 saturated carbocycles. The number of hydrogen-bond donors (Lipinski definition) is 6. The van der Waals surface area contributed by atoms with Gasteiger partial charge in [0.05, 0.1) is 19.8 Å². The van der Waals surface area contributed by atoms with E-state index in [2.05, 4.69) is 5.32 Å². The lowest BCUT2D eigenvalue weighted by atomic mass is 9.95. The number of methoxy groups -OCH3 is 1. The van der Waals surface area contributed by atoms with Crippen LogP contribution in [0.15, 0.2) is 24.3 Å². The van der Waals surface area contributed by atoms with Gasteiger partial charge in [0.2, 0.25) is 12.2 Å². The topological polar surface area (TPSA) is 176 Å². The van der Waals surface area contributed by atoms with Crippen LogP contribution >= 0.6 is 0 Å². The molecule has 12 heteroatoms. The first-order valence-electron chi connectivity index (χ1n) is 10.5. The van der Waals surface area contributed by atoms with Gasteiger partial charge in [0.15, 0.2) is 6.29 Å². The summed E-state index contributed by atoms with van der Waals surface area (Å²) in [5.74, 6) is 0.439. The summed E-state index contributed by atoms with van der Waals surface area (Å²) < 4.78 is 27.7. The molecule has 0 unspecified atom stereocenters. The lowest BCUT2D eigenvalue weighted by Gasteiger charge is -2.46. The molecule has 12 nitrogen and oxygen atoms in total. The SMILES string of the molecule is COc1ccc(O[C@@H]2O[C@@H](C)[C@@H](O)[C@@H](O[C@@H]3O[C@H](CO)[C@@H](O)[C@H](O)[C@H]3NC(C)=O)[C@@H]2O)cc1. The summed E-state index contributed by atoms with van der Waals surface area (Å²) in [6.07, 6.45) is -11.9. The van der Waals surface area contributed by atoms with Gasteiger partial charge < -0.3 is 54.5 Å². The minimum Gasteiger partial charge on any atom is -0.497 e. The lowest BCUT2D eigenvalue weighted by Crippen LogP contribution is -2.67. The Balaban J connectivity index is 1.78. The average Bonchev–Trinajstić information content (AvgIpc) is 2.79. The number of hydrogen-bond acceptors (Lipinski definition) is 11. The van der Waals surface area contributed by atoms with Crippen LogP contribution in [0.4, 0.5) is 0 Å². The Hall–Kier alpha value is -2.03. The summed E-state index contributed by atoms with van der Waals surface area (Å²) in [6, 6.07) is 5.31. The molecule has 6 N–H and O–H groups in total. The van der Waals surface area contributed by atoms with Crippen molar-refractivity contribution >= 4 is 5.91 Å². The lowest BCUT2D eigenvalue weighted by molar-refractivity contribution is -0.334. The molecule has 3 rings (SSSR count). The van der Waals surface area contributed by atoms with E-state index in [0.29, 0.717) is 11.5 Å². The molecule has 10 atom stereocenters. The van der Waals surface area contributed by atoms with E-state index in [-0.39, 0.29) is 0 Å². The van der Waals surface area contributed by atoms with Crippen LogP contribution < -0.4 is 14.8 Å². The fourth-order valence-electron chi connectivity index (χ4n) is 3.78. The van der Waals surface area contributed by atoms with E-state index in [9.17, 15) is 30.3 Å². The van der Waals surface area contributed by atoms with Crippen LogP contribution in [0.3, 0.4) is 0 Å². The highest BCUT2D eigenvalue weighted by atomic mass is 16.7. The molecule has 2 aliphatic heterocycles. The van der Waals surface area contributed by atoms with Crippen molar-refractivity contribution in [2.24, 2.45) is 0 Å². The molecular formula is C21H31NO11. The highest BCUT2D eigenvalue weighted by Gasteiger charge is 2.51. The molecule has 2 aliphatic rings. The monoisotopic (exact) mass is 473 g/mol. The minimum atomic E-state index is -1.54. The molecule has 2 saturated heterocycles. The van der Waals surface area contributed by atoms with Gasteiger partial charge in [-0.25, -0.2) is 0 Å². The Bertz CT molecular complexity index is 778. The molecule has 0 aliphatic carbocycles. The summed E-state index contributed by atoms with van der Waals surface area (Å²) in [4.78, 5) is 11.6. The van der Waals surface area contributed by atoms with Crippen LogP contribution in [-0.4, -0.2) is 107 Å². The Morgan fingerprint density at radius 1 is 0.970 bits per heavy atom. The molecule has 0 bridgehead atoms. The number of rotatable bonds is 7. The van der Waals surface area contributed by atoms with Gasteiger partial charge in [0, 0.05) is 6.92 Å². The van der Waals surface area contributed by atoms with Gasteiger partial charge in [-0.3, -0.25) is 4.79 Å². The van der Waals surface area contributed by atoms with E-state index in [0.717, 1.165) is 0 Å². The third-order valence-corrected chi connectivity index (χ3v) is 5.64. The standard InChI is InChI=1S/C21H31NO11/c1-9-15(25)19(18(28)21(30-9)31-12-6-4-11(29-3)5-7-12)33-20-14(22-10(2)24)17(27)16(26)13(8-23)32-20/h4-7,9,13-21,23,25-28H,8H2,1-3H3,(H,22,24)/t9-,13+,14+,15+,16+,17+,18-,19+,20-,21-/m0/s1. The molecule has 33 heavy (non-hydrogen) atoms. The maximum atomic E-state index is 11.6. The smallest absolute Gasteiger partial charge is 0.229 e. The van der Waals surface area contributed by atoms with Crippen molar-refractivity contribution in [3.05, 3.63) is 24.3 Å². The summed E-state index contributed by atoms with van der Waals surface area (Å²) >= 11 is 0. The zero-order valence-electron chi connectivity index (χ0n) is 18.5. The number of benzene rings is 1. The van der Waals surface area contributed by atoms with Crippen LogP contribution in [0, 0.1) is 0 Å². The Kier molecular flexibility index (Phi) is 8.48. The second-order valence-electron chi connectivity index (χ2n) is 8.02. The van der Waals surface area contributed by atoms with Gasteiger partial charge in [0.25, 0.3) is 0 Å². The van der Waals surface area contributed by atoms with E-state index in [1.807, 2.05) is 0 Å². The molecular weight excluding hydrogens is 442 g/mol. The molecule has 2 fully saturated rings. The third kappa shape index (κ3) is 5.73. The number of amides is 1. The van der Waals surface area contributed by atoms with Gasteiger partial charge in [-0.2, -0.15) is 0 Å². The average molecular weight is 473 g/mol. The van der Waals surface area contributed by atoms with Gasteiger partial charge in [-0.1, -0.05) is 0 Å². The summed E-state index contributed by atoms with van der Waals surface area (Å²) in [7, 11) is 1.52.